The maximum Gasteiger partial charge on any atom is 0.243 e. The number of morpholine rings is 1. The molecule has 1 aromatic heterocycles. The van der Waals surface area contributed by atoms with Crippen molar-refractivity contribution in [3.05, 3.63) is 46.2 Å². The number of carbonyl (C=O) groups is 2. The highest BCUT2D eigenvalue weighted by atomic mass is 32.2. The average molecular weight is 439 g/mol. The lowest BCUT2D eigenvalue weighted by Crippen LogP contribution is -2.40. The Kier molecular flexibility index (Phi) is 7.01. The van der Waals surface area contributed by atoms with Crippen LogP contribution in [0.3, 0.4) is 0 Å². The van der Waals surface area contributed by atoms with Crippen molar-refractivity contribution in [3.8, 4) is 5.75 Å². The van der Waals surface area contributed by atoms with Crippen LogP contribution in [-0.2, 0) is 26.1 Å². The fourth-order valence-corrected chi connectivity index (χ4v) is 4.98. The van der Waals surface area contributed by atoms with Crippen molar-refractivity contribution < 1.29 is 27.5 Å². The molecule has 0 aliphatic carbocycles. The number of thiophene rings is 1. The van der Waals surface area contributed by atoms with Gasteiger partial charge >= 0.3 is 0 Å². The van der Waals surface area contributed by atoms with Crippen LogP contribution in [-0.4, -0.2) is 57.3 Å². The highest BCUT2D eigenvalue weighted by Gasteiger charge is 2.26. The molecular formula is C19H22N2O6S2. The van der Waals surface area contributed by atoms with Crippen LogP contribution in [0, 0.1) is 0 Å². The number of sulfonamides is 1. The van der Waals surface area contributed by atoms with Crippen molar-refractivity contribution >= 4 is 33.1 Å². The monoisotopic (exact) mass is 438 g/mol. The number of hydrogen-bond acceptors (Lipinski definition) is 7. The van der Waals surface area contributed by atoms with E-state index in [1.807, 2.05) is 0 Å². The van der Waals surface area contributed by atoms with Crippen LogP contribution >= 0.6 is 11.3 Å². The number of ether oxygens (including phenoxy) is 2. The number of amides is 1. The van der Waals surface area contributed by atoms with Gasteiger partial charge in [0.15, 0.2) is 6.61 Å². The first-order valence-corrected chi connectivity index (χ1v) is 11.3. The van der Waals surface area contributed by atoms with E-state index in [2.05, 4.69) is 5.32 Å². The van der Waals surface area contributed by atoms with E-state index >= 15 is 0 Å². The SMILES string of the molecule is CC(=O)NCc1ccc(C(=O)COc2ccc(S(=O)(=O)N3CCOCC3)cc2)s1. The summed E-state index contributed by atoms with van der Waals surface area (Å²) in [5, 5.41) is 2.68. The Hall–Kier alpha value is -2.27. The Bertz CT molecular complexity index is 963. The molecule has 0 atom stereocenters. The second kappa shape index (κ2) is 9.49. The Labute approximate surface area is 173 Å². The molecule has 0 unspecified atom stereocenters. The smallest absolute Gasteiger partial charge is 0.243 e. The molecule has 1 amide bonds. The molecule has 1 aliphatic heterocycles. The third kappa shape index (κ3) is 5.63. The fraction of sp³-hybridized carbons (Fsp3) is 0.368. The largest absolute Gasteiger partial charge is 0.485 e. The number of carbonyl (C=O) groups excluding carboxylic acids is 2. The van der Waals surface area contributed by atoms with Gasteiger partial charge in [-0.25, -0.2) is 8.42 Å². The molecule has 29 heavy (non-hydrogen) atoms. The summed E-state index contributed by atoms with van der Waals surface area (Å²) in [6.07, 6.45) is 0. The second-order valence-electron chi connectivity index (χ2n) is 6.38. The van der Waals surface area contributed by atoms with Gasteiger partial charge in [0, 0.05) is 24.9 Å². The molecule has 0 spiro atoms. The first kappa shape index (κ1) is 21.4. The number of nitrogens with one attached hydrogen (secondary N) is 1. The molecule has 0 radical (unpaired) electrons. The third-order valence-corrected chi connectivity index (χ3v) is 7.29. The third-order valence-electron chi connectivity index (χ3n) is 4.25. The van der Waals surface area contributed by atoms with E-state index < -0.39 is 10.0 Å². The van der Waals surface area contributed by atoms with Crippen LogP contribution in [0.15, 0.2) is 41.3 Å². The van der Waals surface area contributed by atoms with Gasteiger partial charge in [-0.15, -0.1) is 11.3 Å². The van der Waals surface area contributed by atoms with Gasteiger partial charge < -0.3 is 14.8 Å². The Balaban J connectivity index is 1.56. The van der Waals surface area contributed by atoms with Crippen LogP contribution in [0.25, 0.3) is 0 Å². The van der Waals surface area contributed by atoms with E-state index in [9.17, 15) is 18.0 Å². The Morgan fingerprint density at radius 3 is 2.48 bits per heavy atom. The molecule has 0 bridgehead atoms. The number of benzene rings is 1. The van der Waals surface area contributed by atoms with Gasteiger partial charge in [-0.3, -0.25) is 9.59 Å². The quantitative estimate of drug-likeness (QED) is 0.629. The van der Waals surface area contributed by atoms with Crippen molar-refractivity contribution in [1.82, 2.24) is 9.62 Å². The molecule has 3 rings (SSSR count). The molecule has 1 aromatic carbocycles. The maximum absolute atomic E-state index is 12.6. The molecule has 2 heterocycles. The van der Waals surface area contributed by atoms with Crippen LogP contribution in [0.1, 0.15) is 21.5 Å². The van der Waals surface area contributed by atoms with Gasteiger partial charge in [0.1, 0.15) is 5.75 Å². The summed E-state index contributed by atoms with van der Waals surface area (Å²) in [5.41, 5.74) is 0. The van der Waals surface area contributed by atoms with E-state index in [4.69, 9.17) is 9.47 Å². The summed E-state index contributed by atoms with van der Waals surface area (Å²) < 4.78 is 37.3. The lowest BCUT2D eigenvalue weighted by Gasteiger charge is -2.26. The van der Waals surface area contributed by atoms with Gasteiger partial charge in [0.2, 0.25) is 21.7 Å². The highest BCUT2D eigenvalue weighted by molar-refractivity contribution is 7.89. The van der Waals surface area contributed by atoms with E-state index in [1.54, 1.807) is 12.1 Å². The zero-order valence-corrected chi connectivity index (χ0v) is 17.6. The van der Waals surface area contributed by atoms with Crippen molar-refractivity contribution in [3.63, 3.8) is 0 Å². The van der Waals surface area contributed by atoms with Crippen LogP contribution < -0.4 is 10.1 Å². The normalized spacial score (nSPS) is 15.1. The highest BCUT2D eigenvalue weighted by Crippen LogP contribution is 2.21. The summed E-state index contributed by atoms with van der Waals surface area (Å²) in [4.78, 5) is 24.8. The predicted octanol–water partition coefficient (Wildman–Crippen LogP) is 1.67. The molecule has 1 saturated heterocycles. The van der Waals surface area contributed by atoms with E-state index in [-0.39, 0.29) is 23.2 Å². The minimum atomic E-state index is -3.56. The van der Waals surface area contributed by atoms with Crippen LogP contribution in [0.5, 0.6) is 5.75 Å². The topological polar surface area (TPSA) is 102 Å². The minimum absolute atomic E-state index is 0.131. The van der Waals surface area contributed by atoms with E-state index in [0.717, 1.165) is 4.88 Å². The average Bonchev–Trinajstić information content (AvgIpc) is 3.21. The lowest BCUT2D eigenvalue weighted by atomic mass is 10.3. The van der Waals surface area contributed by atoms with Crippen LogP contribution in [0.2, 0.25) is 0 Å². The summed E-state index contributed by atoms with van der Waals surface area (Å²) in [6, 6.07) is 9.52. The van der Waals surface area contributed by atoms with Crippen molar-refractivity contribution in [2.75, 3.05) is 32.9 Å². The van der Waals surface area contributed by atoms with E-state index in [1.165, 1.54) is 46.8 Å². The predicted molar refractivity (Wildman–Crippen MR) is 108 cm³/mol. The zero-order valence-electron chi connectivity index (χ0n) is 15.9. The molecule has 10 heteroatoms. The molecular weight excluding hydrogens is 416 g/mol. The summed E-state index contributed by atoms with van der Waals surface area (Å²) in [7, 11) is -3.56. The number of rotatable bonds is 8. The summed E-state index contributed by atoms with van der Waals surface area (Å²) in [6.45, 7) is 3.10. The molecule has 156 valence electrons. The first-order valence-electron chi connectivity index (χ1n) is 9.03. The number of hydrogen-bond donors (Lipinski definition) is 1. The first-order chi connectivity index (χ1) is 13.9. The van der Waals surface area contributed by atoms with Gasteiger partial charge in [-0.05, 0) is 36.4 Å². The number of nitrogens with zero attached hydrogens (tertiary/aromatic N) is 1. The number of ketones is 1. The summed E-state index contributed by atoms with van der Waals surface area (Å²) in [5.74, 6) is 0.0945. The van der Waals surface area contributed by atoms with Gasteiger partial charge in [0.25, 0.3) is 0 Å². The zero-order chi connectivity index (χ0) is 20.9. The molecule has 1 aliphatic rings. The second-order valence-corrected chi connectivity index (χ2v) is 9.48. The van der Waals surface area contributed by atoms with Crippen LogP contribution in [0.4, 0.5) is 0 Å². The van der Waals surface area contributed by atoms with Crippen molar-refractivity contribution in [2.45, 2.75) is 18.4 Å². The molecule has 1 fully saturated rings. The van der Waals surface area contributed by atoms with Gasteiger partial charge in [-0.2, -0.15) is 4.31 Å². The van der Waals surface area contributed by atoms with Gasteiger partial charge in [-0.1, -0.05) is 0 Å². The van der Waals surface area contributed by atoms with Crippen molar-refractivity contribution in [2.24, 2.45) is 0 Å². The minimum Gasteiger partial charge on any atom is -0.485 e. The fourth-order valence-electron chi connectivity index (χ4n) is 2.70. The molecule has 1 N–H and O–H groups in total. The maximum atomic E-state index is 12.6. The summed E-state index contributed by atoms with van der Waals surface area (Å²) >= 11 is 1.30. The molecule has 8 nitrogen and oxygen atoms in total. The molecule has 0 saturated carbocycles. The Morgan fingerprint density at radius 2 is 1.83 bits per heavy atom. The standard InChI is InChI=1S/C19H22N2O6S2/c1-14(22)20-12-16-4-7-19(28-16)18(23)13-27-15-2-5-17(6-3-15)29(24,25)21-8-10-26-11-9-21/h2-7H,8-13H2,1H3,(H,20,22). The lowest BCUT2D eigenvalue weighted by molar-refractivity contribution is -0.119. The Morgan fingerprint density at radius 1 is 1.14 bits per heavy atom. The number of Topliss-reactive ketones (excluding diaryl/α,β-unsaturated/α-hetero) is 1. The van der Waals surface area contributed by atoms with E-state index in [0.29, 0.717) is 43.5 Å². The molecule has 2 aromatic rings. The van der Waals surface area contributed by atoms with Gasteiger partial charge in [0.05, 0.1) is 29.5 Å². The van der Waals surface area contributed by atoms with Crippen molar-refractivity contribution in [1.29, 1.82) is 0 Å².